The van der Waals surface area contributed by atoms with Gasteiger partial charge in [0.2, 0.25) is 15.9 Å². The molecule has 2 aromatic carbocycles. The van der Waals surface area contributed by atoms with Crippen LogP contribution in [0.5, 0.6) is 0 Å². The normalized spacial score (nSPS) is 12.6. The van der Waals surface area contributed by atoms with Gasteiger partial charge in [0.05, 0.1) is 11.4 Å². The molecule has 0 saturated heterocycles. The van der Waals surface area contributed by atoms with Crippen LogP contribution in [-0.2, 0) is 27.9 Å². The molecule has 1 heterocycles. The Kier molecular flexibility index (Phi) is 7.82. The lowest BCUT2D eigenvalue weighted by molar-refractivity contribution is -0.123. The van der Waals surface area contributed by atoms with Crippen molar-refractivity contribution in [2.75, 3.05) is 0 Å². The van der Waals surface area contributed by atoms with Gasteiger partial charge < -0.3 is 5.32 Å². The Morgan fingerprint density at radius 1 is 1.06 bits per heavy atom. The summed E-state index contributed by atoms with van der Waals surface area (Å²) < 4.78 is 30.0. The van der Waals surface area contributed by atoms with Crippen LogP contribution in [0.1, 0.15) is 37.0 Å². The van der Waals surface area contributed by atoms with Crippen LogP contribution in [0, 0.1) is 12.8 Å². The SMILES string of the molecule is Cc1ccc(S(=O)(=O)NC(CC(C)C)C(=O)NCc2cccc(Cn3cccn3)c2)cc1. The summed E-state index contributed by atoms with van der Waals surface area (Å²) in [6.07, 6.45) is 4.03. The molecule has 0 aliphatic carbocycles. The number of nitrogens with zero attached hydrogens (tertiary/aromatic N) is 2. The molecular formula is C24H30N4O3S. The van der Waals surface area contributed by atoms with Crippen molar-refractivity contribution in [3.63, 3.8) is 0 Å². The van der Waals surface area contributed by atoms with E-state index in [-0.39, 0.29) is 16.7 Å². The van der Waals surface area contributed by atoms with Gasteiger partial charge in [-0.1, -0.05) is 55.8 Å². The molecule has 0 aliphatic heterocycles. The summed E-state index contributed by atoms with van der Waals surface area (Å²) in [6.45, 7) is 6.76. The molecule has 1 unspecified atom stereocenters. The first kappa shape index (κ1) is 23.7. The standard InChI is InChI=1S/C24H30N4O3S/c1-18(2)14-23(27-32(30,31)22-10-8-19(3)9-11-22)24(29)25-16-20-6-4-7-21(15-20)17-28-13-5-12-26-28/h4-13,15,18,23,27H,14,16-17H2,1-3H3,(H,25,29). The van der Waals surface area contributed by atoms with Crippen LogP contribution in [0.2, 0.25) is 0 Å². The quantitative estimate of drug-likeness (QED) is 0.492. The molecule has 7 nitrogen and oxygen atoms in total. The van der Waals surface area contributed by atoms with Crippen molar-refractivity contribution in [3.8, 4) is 0 Å². The van der Waals surface area contributed by atoms with Gasteiger partial charge in [0.1, 0.15) is 6.04 Å². The van der Waals surface area contributed by atoms with Crippen molar-refractivity contribution in [2.24, 2.45) is 5.92 Å². The van der Waals surface area contributed by atoms with Crippen molar-refractivity contribution in [1.29, 1.82) is 0 Å². The molecule has 0 saturated carbocycles. The summed E-state index contributed by atoms with van der Waals surface area (Å²) in [7, 11) is -3.81. The highest BCUT2D eigenvalue weighted by molar-refractivity contribution is 7.89. The van der Waals surface area contributed by atoms with Crippen LogP contribution in [-0.4, -0.2) is 30.1 Å². The molecule has 1 atom stereocenters. The third kappa shape index (κ3) is 6.77. The van der Waals surface area contributed by atoms with E-state index in [0.29, 0.717) is 19.5 Å². The molecule has 0 aliphatic rings. The van der Waals surface area contributed by atoms with E-state index in [2.05, 4.69) is 15.1 Å². The lowest BCUT2D eigenvalue weighted by Gasteiger charge is -2.20. The maximum absolute atomic E-state index is 12.9. The fourth-order valence-electron chi connectivity index (χ4n) is 3.38. The van der Waals surface area contributed by atoms with Gasteiger partial charge in [-0.3, -0.25) is 9.48 Å². The van der Waals surface area contributed by atoms with Gasteiger partial charge in [-0.05, 0) is 48.6 Å². The van der Waals surface area contributed by atoms with Crippen molar-refractivity contribution < 1.29 is 13.2 Å². The maximum Gasteiger partial charge on any atom is 0.241 e. The third-order valence-corrected chi connectivity index (χ3v) is 6.50. The second kappa shape index (κ2) is 10.6. The van der Waals surface area contributed by atoms with Crippen molar-refractivity contribution in [2.45, 2.75) is 51.2 Å². The van der Waals surface area contributed by atoms with E-state index in [1.807, 2.05) is 62.0 Å². The molecule has 0 bridgehead atoms. The van der Waals surface area contributed by atoms with Crippen molar-refractivity contribution >= 4 is 15.9 Å². The van der Waals surface area contributed by atoms with E-state index in [0.717, 1.165) is 16.7 Å². The molecule has 2 N–H and O–H groups in total. The Morgan fingerprint density at radius 3 is 2.44 bits per heavy atom. The molecule has 0 fully saturated rings. The topological polar surface area (TPSA) is 93.1 Å². The second-order valence-electron chi connectivity index (χ2n) is 8.36. The van der Waals surface area contributed by atoms with Crippen LogP contribution in [0.3, 0.4) is 0 Å². The number of benzene rings is 2. The molecule has 0 radical (unpaired) electrons. The Labute approximate surface area is 189 Å². The van der Waals surface area contributed by atoms with Gasteiger partial charge in [0, 0.05) is 18.9 Å². The molecule has 170 valence electrons. The first-order valence-electron chi connectivity index (χ1n) is 10.6. The van der Waals surface area contributed by atoms with Crippen LogP contribution < -0.4 is 10.0 Å². The summed E-state index contributed by atoms with van der Waals surface area (Å²) in [5.41, 5.74) is 2.97. The van der Waals surface area contributed by atoms with E-state index >= 15 is 0 Å². The summed E-state index contributed by atoms with van der Waals surface area (Å²) in [5, 5.41) is 7.10. The molecule has 1 aromatic heterocycles. The van der Waals surface area contributed by atoms with Gasteiger partial charge in [-0.25, -0.2) is 8.42 Å². The fraction of sp³-hybridized carbons (Fsp3) is 0.333. The molecule has 0 spiro atoms. The number of aromatic nitrogens is 2. The number of hydrogen-bond acceptors (Lipinski definition) is 4. The molecular weight excluding hydrogens is 424 g/mol. The first-order valence-corrected chi connectivity index (χ1v) is 12.1. The summed E-state index contributed by atoms with van der Waals surface area (Å²) >= 11 is 0. The average molecular weight is 455 g/mol. The predicted molar refractivity (Wildman–Crippen MR) is 124 cm³/mol. The zero-order valence-electron chi connectivity index (χ0n) is 18.7. The van der Waals surface area contributed by atoms with Gasteiger partial charge in [0.25, 0.3) is 0 Å². The first-order chi connectivity index (χ1) is 15.2. The van der Waals surface area contributed by atoms with Crippen LogP contribution >= 0.6 is 0 Å². The Hall–Kier alpha value is -2.97. The number of carbonyl (C=O) groups excluding carboxylic acids is 1. The second-order valence-corrected chi connectivity index (χ2v) is 10.1. The lowest BCUT2D eigenvalue weighted by atomic mass is 10.0. The smallest absolute Gasteiger partial charge is 0.241 e. The van der Waals surface area contributed by atoms with E-state index in [1.54, 1.807) is 30.5 Å². The van der Waals surface area contributed by atoms with Crippen LogP contribution in [0.25, 0.3) is 0 Å². The highest BCUT2D eigenvalue weighted by Crippen LogP contribution is 2.14. The highest BCUT2D eigenvalue weighted by Gasteiger charge is 2.26. The van der Waals surface area contributed by atoms with Crippen molar-refractivity contribution in [1.82, 2.24) is 19.8 Å². The van der Waals surface area contributed by atoms with E-state index in [4.69, 9.17) is 0 Å². The maximum atomic E-state index is 12.9. The van der Waals surface area contributed by atoms with Gasteiger partial charge in [-0.15, -0.1) is 0 Å². The van der Waals surface area contributed by atoms with Crippen LogP contribution in [0.4, 0.5) is 0 Å². The molecule has 1 amide bonds. The van der Waals surface area contributed by atoms with E-state index in [1.165, 1.54) is 0 Å². The Bertz CT molecular complexity index is 1120. The monoisotopic (exact) mass is 454 g/mol. The fourth-order valence-corrected chi connectivity index (χ4v) is 4.59. The number of nitrogens with one attached hydrogen (secondary N) is 2. The largest absolute Gasteiger partial charge is 0.351 e. The van der Waals surface area contributed by atoms with E-state index in [9.17, 15) is 13.2 Å². The van der Waals surface area contributed by atoms with Crippen LogP contribution in [0.15, 0.2) is 71.9 Å². The number of aryl methyl sites for hydroxylation is 1. The minimum atomic E-state index is -3.81. The third-order valence-electron chi connectivity index (χ3n) is 5.01. The number of hydrogen-bond donors (Lipinski definition) is 2. The average Bonchev–Trinajstić information content (AvgIpc) is 3.24. The summed E-state index contributed by atoms with van der Waals surface area (Å²) in [6, 6.07) is 15.5. The van der Waals surface area contributed by atoms with Crippen molar-refractivity contribution in [3.05, 3.63) is 83.7 Å². The van der Waals surface area contributed by atoms with Gasteiger partial charge in [-0.2, -0.15) is 9.82 Å². The minimum Gasteiger partial charge on any atom is -0.351 e. The summed E-state index contributed by atoms with van der Waals surface area (Å²) in [5.74, 6) is -0.198. The predicted octanol–water partition coefficient (Wildman–Crippen LogP) is 3.25. The van der Waals surface area contributed by atoms with Gasteiger partial charge in [0.15, 0.2) is 0 Å². The Balaban J connectivity index is 1.66. The number of sulfonamides is 1. The molecule has 3 aromatic rings. The highest BCUT2D eigenvalue weighted by atomic mass is 32.2. The molecule has 3 rings (SSSR count). The number of carbonyl (C=O) groups is 1. The lowest BCUT2D eigenvalue weighted by Crippen LogP contribution is -2.47. The summed E-state index contributed by atoms with van der Waals surface area (Å²) in [4.78, 5) is 13.1. The van der Waals surface area contributed by atoms with Gasteiger partial charge >= 0.3 is 0 Å². The molecule has 32 heavy (non-hydrogen) atoms. The zero-order valence-corrected chi connectivity index (χ0v) is 19.5. The number of amides is 1. The minimum absolute atomic E-state index is 0.142. The van der Waals surface area contributed by atoms with E-state index < -0.39 is 16.1 Å². The number of rotatable bonds is 10. The Morgan fingerprint density at radius 2 is 1.78 bits per heavy atom. The zero-order chi connectivity index (χ0) is 23.1. The molecule has 8 heteroatoms.